The SMILES string of the molecule is CCNC(=NCc1ccc(N2CCC(O)CC2)c(F)c1)NCCC(C)C. The lowest BCUT2D eigenvalue weighted by Gasteiger charge is -2.31. The number of halogens is 1. The number of piperidine rings is 1. The number of benzene rings is 1. The van der Waals surface area contributed by atoms with Crippen molar-refractivity contribution in [2.45, 2.75) is 52.7 Å². The van der Waals surface area contributed by atoms with Gasteiger partial charge in [-0.1, -0.05) is 19.9 Å². The first-order chi connectivity index (χ1) is 12.5. The molecule has 0 spiro atoms. The second-order valence-electron chi connectivity index (χ2n) is 7.31. The van der Waals surface area contributed by atoms with Crippen molar-refractivity contribution < 1.29 is 9.50 Å². The van der Waals surface area contributed by atoms with Gasteiger partial charge in [-0.25, -0.2) is 9.38 Å². The first-order valence-electron chi connectivity index (χ1n) is 9.73. The lowest BCUT2D eigenvalue weighted by molar-refractivity contribution is 0.145. The van der Waals surface area contributed by atoms with Gasteiger partial charge in [-0.2, -0.15) is 0 Å². The average molecular weight is 365 g/mol. The fourth-order valence-electron chi connectivity index (χ4n) is 3.00. The third-order valence-electron chi connectivity index (χ3n) is 4.60. The van der Waals surface area contributed by atoms with Crippen LogP contribution in [-0.2, 0) is 6.54 Å². The molecule has 3 N–H and O–H groups in total. The molecular weight excluding hydrogens is 331 g/mol. The maximum Gasteiger partial charge on any atom is 0.191 e. The summed E-state index contributed by atoms with van der Waals surface area (Å²) in [5.74, 6) is 1.19. The number of aliphatic hydroxyl groups excluding tert-OH is 1. The zero-order valence-corrected chi connectivity index (χ0v) is 16.3. The van der Waals surface area contributed by atoms with Crippen LogP contribution >= 0.6 is 0 Å². The van der Waals surface area contributed by atoms with Crippen LogP contribution in [0.2, 0.25) is 0 Å². The highest BCUT2D eigenvalue weighted by molar-refractivity contribution is 5.79. The number of aliphatic imine (C=N–C) groups is 1. The Hall–Kier alpha value is -1.82. The largest absolute Gasteiger partial charge is 0.393 e. The molecule has 0 saturated carbocycles. The van der Waals surface area contributed by atoms with Crippen LogP contribution in [0.5, 0.6) is 0 Å². The number of hydrogen-bond acceptors (Lipinski definition) is 3. The zero-order chi connectivity index (χ0) is 18.9. The predicted molar refractivity (Wildman–Crippen MR) is 106 cm³/mol. The van der Waals surface area contributed by atoms with E-state index in [4.69, 9.17) is 0 Å². The van der Waals surface area contributed by atoms with Crippen LogP contribution in [0.4, 0.5) is 10.1 Å². The van der Waals surface area contributed by atoms with Crippen molar-refractivity contribution in [1.82, 2.24) is 10.6 Å². The van der Waals surface area contributed by atoms with E-state index in [1.165, 1.54) is 0 Å². The molecular formula is C20H33FN4O. The minimum atomic E-state index is -0.254. The van der Waals surface area contributed by atoms with Crippen molar-refractivity contribution in [3.05, 3.63) is 29.6 Å². The van der Waals surface area contributed by atoms with Crippen LogP contribution < -0.4 is 15.5 Å². The fourth-order valence-corrected chi connectivity index (χ4v) is 3.00. The maximum absolute atomic E-state index is 14.5. The molecule has 0 bridgehead atoms. The number of rotatable bonds is 7. The Morgan fingerprint density at radius 2 is 2.04 bits per heavy atom. The minimum Gasteiger partial charge on any atom is -0.393 e. The van der Waals surface area contributed by atoms with E-state index in [0.29, 0.717) is 44.1 Å². The number of guanidine groups is 1. The molecule has 2 rings (SSSR count). The first-order valence-corrected chi connectivity index (χ1v) is 9.73. The highest BCUT2D eigenvalue weighted by Crippen LogP contribution is 2.24. The summed E-state index contributed by atoms with van der Waals surface area (Å²) in [6, 6.07) is 5.34. The van der Waals surface area contributed by atoms with Crippen LogP contribution in [-0.4, -0.2) is 43.3 Å². The van der Waals surface area contributed by atoms with Crippen LogP contribution in [0.3, 0.4) is 0 Å². The van der Waals surface area contributed by atoms with E-state index in [2.05, 4.69) is 29.5 Å². The summed E-state index contributed by atoms with van der Waals surface area (Å²) >= 11 is 0. The third-order valence-corrected chi connectivity index (χ3v) is 4.60. The number of hydrogen-bond donors (Lipinski definition) is 3. The zero-order valence-electron chi connectivity index (χ0n) is 16.3. The van der Waals surface area contributed by atoms with E-state index in [1.54, 1.807) is 6.07 Å². The molecule has 6 heteroatoms. The molecule has 0 amide bonds. The topological polar surface area (TPSA) is 59.9 Å². The fraction of sp³-hybridized carbons (Fsp3) is 0.650. The molecule has 1 fully saturated rings. The van der Waals surface area contributed by atoms with E-state index < -0.39 is 0 Å². The summed E-state index contributed by atoms with van der Waals surface area (Å²) in [5.41, 5.74) is 1.47. The Morgan fingerprint density at radius 1 is 1.31 bits per heavy atom. The highest BCUT2D eigenvalue weighted by Gasteiger charge is 2.19. The molecule has 0 aliphatic carbocycles. The van der Waals surface area contributed by atoms with Gasteiger partial charge in [0.15, 0.2) is 5.96 Å². The van der Waals surface area contributed by atoms with E-state index >= 15 is 0 Å². The Kier molecular flexibility index (Phi) is 8.16. The Morgan fingerprint density at radius 3 is 2.65 bits per heavy atom. The van der Waals surface area contributed by atoms with Crippen molar-refractivity contribution >= 4 is 11.6 Å². The monoisotopic (exact) mass is 364 g/mol. The molecule has 1 aliphatic rings. The van der Waals surface area contributed by atoms with Crippen molar-refractivity contribution in [1.29, 1.82) is 0 Å². The summed E-state index contributed by atoms with van der Waals surface area (Å²) in [7, 11) is 0. The first kappa shape index (κ1) is 20.5. The van der Waals surface area contributed by atoms with Crippen LogP contribution in [0.15, 0.2) is 23.2 Å². The molecule has 146 valence electrons. The van der Waals surface area contributed by atoms with Gasteiger partial charge < -0.3 is 20.6 Å². The molecule has 0 unspecified atom stereocenters. The van der Waals surface area contributed by atoms with Gasteiger partial charge in [0.25, 0.3) is 0 Å². The molecule has 0 atom stereocenters. The van der Waals surface area contributed by atoms with Gasteiger partial charge in [0.2, 0.25) is 0 Å². The standard InChI is InChI=1S/C20H33FN4O/c1-4-22-20(23-10-7-15(2)3)24-14-16-5-6-19(18(21)13-16)25-11-8-17(26)9-12-25/h5-6,13,15,17,26H,4,7-12,14H2,1-3H3,(H2,22,23,24). The third kappa shape index (κ3) is 6.48. The molecule has 5 nitrogen and oxygen atoms in total. The van der Waals surface area contributed by atoms with Crippen LogP contribution in [0.1, 0.15) is 45.6 Å². The van der Waals surface area contributed by atoms with Gasteiger partial charge in [0, 0.05) is 26.2 Å². The van der Waals surface area contributed by atoms with Gasteiger partial charge in [0.1, 0.15) is 5.82 Å². The molecule has 1 aromatic rings. The molecule has 1 aliphatic heterocycles. The van der Waals surface area contributed by atoms with Crippen molar-refractivity contribution in [2.75, 3.05) is 31.1 Å². The highest BCUT2D eigenvalue weighted by atomic mass is 19.1. The molecule has 0 aromatic heterocycles. The van der Waals surface area contributed by atoms with E-state index in [0.717, 1.165) is 31.0 Å². The van der Waals surface area contributed by atoms with Gasteiger partial charge in [-0.3, -0.25) is 0 Å². The van der Waals surface area contributed by atoms with E-state index in [9.17, 15) is 9.50 Å². The van der Waals surface area contributed by atoms with Gasteiger partial charge in [-0.05, 0) is 49.8 Å². The average Bonchev–Trinajstić information content (AvgIpc) is 2.60. The maximum atomic E-state index is 14.5. The van der Waals surface area contributed by atoms with Gasteiger partial charge in [0.05, 0.1) is 18.3 Å². The predicted octanol–water partition coefficient (Wildman–Crippen LogP) is 2.89. The summed E-state index contributed by atoms with van der Waals surface area (Å²) in [6.45, 7) is 9.91. The molecule has 26 heavy (non-hydrogen) atoms. The second-order valence-corrected chi connectivity index (χ2v) is 7.31. The number of nitrogens with one attached hydrogen (secondary N) is 2. The van der Waals surface area contributed by atoms with Crippen LogP contribution in [0.25, 0.3) is 0 Å². The lowest BCUT2D eigenvalue weighted by atomic mass is 10.1. The smallest absolute Gasteiger partial charge is 0.191 e. The summed E-state index contributed by atoms with van der Waals surface area (Å²) in [5, 5.41) is 16.1. The van der Waals surface area contributed by atoms with Gasteiger partial charge in [-0.15, -0.1) is 0 Å². The van der Waals surface area contributed by atoms with Crippen molar-refractivity contribution in [2.24, 2.45) is 10.9 Å². The Labute approximate surface area is 156 Å². The van der Waals surface area contributed by atoms with E-state index in [-0.39, 0.29) is 11.9 Å². The molecule has 1 heterocycles. The summed E-state index contributed by atoms with van der Waals surface area (Å²) in [4.78, 5) is 6.56. The Balaban J connectivity index is 1.96. The molecule has 0 radical (unpaired) electrons. The van der Waals surface area contributed by atoms with Gasteiger partial charge >= 0.3 is 0 Å². The normalized spacial score (nSPS) is 16.2. The van der Waals surface area contributed by atoms with Crippen LogP contribution in [0, 0.1) is 11.7 Å². The Bertz CT molecular complexity index is 583. The second kappa shape index (κ2) is 10.4. The van der Waals surface area contributed by atoms with Crippen molar-refractivity contribution in [3.8, 4) is 0 Å². The number of nitrogens with zero attached hydrogens (tertiary/aromatic N) is 2. The quantitative estimate of drug-likeness (QED) is 0.514. The summed E-state index contributed by atoms with van der Waals surface area (Å²) in [6.07, 6.45) is 2.22. The summed E-state index contributed by atoms with van der Waals surface area (Å²) < 4.78 is 14.5. The molecule has 1 saturated heterocycles. The minimum absolute atomic E-state index is 0.216. The molecule has 1 aromatic carbocycles. The lowest BCUT2D eigenvalue weighted by Crippen LogP contribution is -2.38. The number of aliphatic hydroxyl groups is 1. The number of anilines is 1. The van der Waals surface area contributed by atoms with Crippen molar-refractivity contribution in [3.63, 3.8) is 0 Å². The van der Waals surface area contributed by atoms with E-state index in [1.807, 2.05) is 24.0 Å².